The highest BCUT2D eigenvalue weighted by Crippen LogP contribution is 1.73. The van der Waals surface area contributed by atoms with Crippen LogP contribution in [0.5, 0.6) is 0 Å². The highest BCUT2D eigenvalue weighted by molar-refractivity contribution is 5.53. The number of rotatable bonds is 1. The topological polar surface area (TPSA) is 57.5 Å². The van der Waals surface area contributed by atoms with Crippen LogP contribution in [-0.2, 0) is 0 Å². The molecule has 12 heavy (non-hydrogen) atoms. The van der Waals surface area contributed by atoms with Crippen LogP contribution >= 0.6 is 0 Å². The summed E-state index contributed by atoms with van der Waals surface area (Å²) in [7, 11) is 0. The van der Waals surface area contributed by atoms with Crippen molar-refractivity contribution < 1.29 is 15.0 Å². The van der Waals surface area contributed by atoms with Crippen LogP contribution in [0.3, 0.4) is 0 Å². The summed E-state index contributed by atoms with van der Waals surface area (Å²) in [5, 5.41) is 13.9. The summed E-state index contributed by atoms with van der Waals surface area (Å²) in [6.45, 7) is 13.0. The van der Waals surface area contributed by atoms with Gasteiger partial charge in [0.2, 0.25) is 0 Å². The van der Waals surface area contributed by atoms with Gasteiger partial charge in [-0.25, -0.2) is 4.79 Å². The fourth-order valence-electron chi connectivity index (χ4n) is 0. The van der Waals surface area contributed by atoms with Crippen molar-refractivity contribution in [2.75, 3.05) is 0 Å². The molecule has 0 saturated carbocycles. The fraction of sp³-hybridized carbons (Fsp3) is 0.444. The number of carboxylic acid groups (broad SMARTS) is 2. The van der Waals surface area contributed by atoms with Crippen LogP contribution in [0.25, 0.3) is 0 Å². The zero-order valence-corrected chi connectivity index (χ0v) is 8.00. The van der Waals surface area contributed by atoms with Crippen LogP contribution in [0.2, 0.25) is 0 Å². The molecule has 0 atom stereocenters. The predicted octanol–water partition coefficient (Wildman–Crippen LogP) is 3.39. The van der Waals surface area contributed by atoms with Gasteiger partial charge in [0.1, 0.15) is 0 Å². The molecular formula is C9H18O3. The van der Waals surface area contributed by atoms with Crippen molar-refractivity contribution in [2.24, 2.45) is 0 Å². The summed E-state index contributed by atoms with van der Waals surface area (Å²) in [5.74, 6) is 0. The Balaban J connectivity index is -0.000000101. The Bertz CT molecular complexity index is 108. The van der Waals surface area contributed by atoms with Crippen molar-refractivity contribution in [1.29, 1.82) is 0 Å². The Labute approximate surface area is 74.0 Å². The maximum absolute atomic E-state index is 8.56. The third-order valence-corrected chi connectivity index (χ3v) is 0.289. The Morgan fingerprint density at radius 3 is 1.50 bits per heavy atom. The van der Waals surface area contributed by atoms with Gasteiger partial charge in [-0.2, -0.15) is 0 Å². The Kier molecular flexibility index (Phi) is 23.2. The average Bonchev–Trinajstić information content (AvgIpc) is 1.85. The molecule has 0 aromatic heterocycles. The maximum Gasteiger partial charge on any atom is 0.503 e. The van der Waals surface area contributed by atoms with Gasteiger partial charge < -0.3 is 10.2 Å². The van der Waals surface area contributed by atoms with E-state index in [9.17, 15) is 0 Å². The normalized spacial score (nSPS) is 6.25. The fourth-order valence-corrected chi connectivity index (χ4v) is 0. The van der Waals surface area contributed by atoms with E-state index in [0.717, 1.165) is 6.42 Å². The number of hydrogen-bond acceptors (Lipinski definition) is 1. The van der Waals surface area contributed by atoms with E-state index in [2.05, 4.69) is 20.1 Å². The molecule has 0 spiro atoms. The van der Waals surface area contributed by atoms with Gasteiger partial charge in [0, 0.05) is 0 Å². The first kappa shape index (κ1) is 17.0. The first-order valence-corrected chi connectivity index (χ1v) is 3.53. The summed E-state index contributed by atoms with van der Waals surface area (Å²) in [6, 6.07) is 0. The number of hydrogen-bond donors (Lipinski definition) is 2. The monoisotopic (exact) mass is 174 g/mol. The number of allylic oxidation sites excluding steroid dienone is 2. The van der Waals surface area contributed by atoms with Crippen LogP contribution < -0.4 is 0 Å². The van der Waals surface area contributed by atoms with Gasteiger partial charge in [-0.15, -0.1) is 13.2 Å². The molecule has 0 aromatic carbocycles. The molecule has 0 aliphatic carbocycles. The van der Waals surface area contributed by atoms with Crippen molar-refractivity contribution in [3.8, 4) is 0 Å². The summed E-state index contributed by atoms with van der Waals surface area (Å²) in [6.07, 6.45) is 1.13. The molecule has 0 fully saturated rings. The summed E-state index contributed by atoms with van der Waals surface area (Å²) < 4.78 is 0. The second kappa shape index (κ2) is 16.4. The van der Waals surface area contributed by atoms with Gasteiger partial charge in [0.15, 0.2) is 0 Å². The zero-order chi connectivity index (χ0) is 10.6. The largest absolute Gasteiger partial charge is 0.503 e. The smallest absolute Gasteiger partial charge is 0.450 e. The first-order valence-electron chi connectivity index (χ1n) is 3.53. The molecule has 3 nitrogen and oxygen atoms in total. The minimum atomic E-state index is -1.83. The van der Waals surface area contributed by atoms with E-state index in [4.69, 9.17) is 15.0 Å². The lowest BCUT2D eigenvalue weighted by Gasteiger charge is -1.65. The van der Waals surface area contributed by atoms with Crippen molar-refractivity contribution >= 4 is 6.16 Å². The Morgan fingerprint density at radius 1 is 1.42 bits per heavy atom. The van der Waals surface area contributed by atoms with Crippen molar-refractivity contribution in [3.05, 3.63) is 24.8 Å². The van der Waals surface area contributed by atoms with E-state index in [1.54, 1.807) is 0 Å². The Hall–Kier alpha value is -1.25. The molecule has 0 aliphatic rings. The third kappa shape index (κ3) is 8410. The van der Waals surface area contributed by atoms with Crippen molar-refractivity contribution in [1.82, 2.24) is 0 Å². The molecule has 0 unspecified atom stereocenters. The van der Waals surface area contributed by atoms with Crippen LogP contribution in [0.4, 0.5) is 4.79 Å². The SMILES string of the molecule is C=C(C)C.C=CCC.O=C(O)O. The molecule has 2 N–H and O–H groups in total. The summed E-state index contributed by atoms with van der Waals surface area (Å²) >= 11 is 0. The van der Waals surface area contributed by atoms with Crippen LogP contribution in [0, 0.1) is 0 Å². The zero-order valence-electron chi connectivity index (χ0n) is 8.00. The number of carbonyl (C=O) groups is 1. The lowest BCUT2D eigenvalue weighted by molar-refractivity contribution is 0.137. The van der Waals surface area contributed by atoms with Crippen LogP contribution in [0.15, 0.2) is 24.8 Å². The van der Waals surface area contributed by atoms with E-state index < -0.39 is 6.16 Å². The van der Waals surface area contributed by atoms with E-state index in [1.165, 1.54) is 5.57 Å². The quantitative estimate of drug-likeness (QED) is 0.599. The van der Waals surface area contributed by atoms with Crippen LogP contribution in [0.1, 0.15) is 27.2 Å². The molecule has 0 radical (unpaired) electrons. The first-order chi connectivity index (χ1) is 5.38. The lowest BCUT2D eigenvalue weighted by Crippen LogP contribution is -1.81. The Morgan fingerprint density at radius 2 is 1.50 bits per heavy atom. The molecule has 0 aliphatic heterocycles. The molecule has 0 aromatic rings. The van der Waals surface area contributed by atoms with Gasteiger partial charge in [-0.3, -0.25) is 0 Å². The van der Waals surface area contributed by atoms with E-state index in [-0.39, 0.29) is 0 Å². The molecule has 0 bridgehead atoms. The van der Waals surface area contributed by atoms with Gasteiger partial charge in [-0.1, -0.05) is 18.6 Å². The summed E-state index contributed by atoms with van der Waals surface area (Å²) in [5.41, 5.74) is 1.17. The molecule has 0 saturated heterocycles. The van der Waals surface area contributed by atoms with E-state index >= 15 is 0 Å². The van der Waals surface area contributed by atoms with Crippen molar-refractivity contribution in [2.45, 2.75) is 27.2 Å². The van der Waals surface area contributed by atoms with E-state index in [1.807, 2.05) is 19.9 Å². The predicted molar refractivity (Wildman–Crippen MR) is 51.6 cm³/mol. The molecule has 3 heteroatoms. The molecule has 0 amide bonds. The minimum Gasteiger partial charge on any atom is -0.450 e. The second-order valence-corrected chi connectivity index (χ2v) is 2.19. The molecular weight excluding hydrogens is 156 g/mol. The highest BCUT2D eigenvalue weighted by atomic mass is 16.6. The average molecular weight is 174 g/mol. The maximum atomic E-state index is 8.56. The van der Waals surface area contributed by atoms with Gasteiger partial charge in [0.25, 0.3) is 0 Å². The molecule has 0 rings (SSSR count). The molecule has 0 heterocycles. The van der Waals surface area contributed by atoms with Gasteiger partial charge in [0.05, 0.1) is 0 Å². The summed E-state index contributed by atoms with van der Waals surface area (Å²) in [4.78, 5) is 8.56. The van der Waals surface area contributed by atoms with Crippen LogP contribution in [-0.4, -0.2) is 16.4 Å². The lowest BCUT2D eigenvalue weighted by atomic mass is 10.4. The standard InChI is InChI=1S/2C4H8.CH2O3/c1-4(2)3;1-3-4-2;2-1(3)4/h1H2,2-3H3;3H,1,4H2,2H3;(H2,2,3,4). The minimum absolute atomic E-state index is 1.08. The second-order valence-electron chi connectivity index (χ2n) is 2.19. The third-order valence-electron chi connectivity index (χ3n) is 0.289. The van der Waals surface area contributed by atoms with E-state index in [0.29, 0.717) is 0 Å². The van der Waals surface area contributed by atoms with Gasteiger partial charge >= 0.3 is 6.16 Å². The van der Waals surface area contributed by atoms with Gasteiger partial charge in [-0.05, 0) is 20.3 Å². The highest BCUT2D eigenvalue weighted by Gasteiger charge is 1.70. The van der Waals surface area contributed by atoms with Crippen molar-refractivity contribution in [3.63, 3.8) is 0 Å². The molecule has 72 valence electrons.